The fraction of sp³-hybridized carbons (Fsp3) is 0.450. The lowest BCUT2D eigenvalue weighted by Crippen LogP contribution is -2.46. The van der Waals surface area contributed by atoms with Gasteiger partial charge < -0.3 is 19.6 Å². The van der Waals surface area contributed by atoms with Gasteiger partial charge in [0, 0.05) is 5.56 Å². The Morgan fingerprint density at radius 2 is 1.96 bits per heavy atom. The Bertz CT molecular complexity index is 959. The molecule has 1 aliphatic carbocycles. The number of fused-ring (bicyclic) bond motifs is 3. The average Bonchev–Trinajstić information content (AvgIpc) is 3.06. The van der Waals surface area contributed by atoms with Crippen molar-refractivity contribution in [3.8, 4) is 5.75 Å². The second-order valence-electron chi connectivity index (χ2n) is 7.25. The average molecular weight is 373 g/mol. The minimum Gasteiger partial charge on any atom is -0.483 e. The summed E-state index contributed by atoms with van der Waals surface area (Å²) in [5, 5.41) is 12.4. The quantitative estimate of drug-likeness (QED) is 0.752. The van der Waals surface area contributed by atoms with E-state index in [0.29, 0.717) is 23.3 Å². The van der Waals surface area contributed by atoms with Gasteiger partial charge in [0.15, 0.2) is 6.61 Å². The van der Waals surface area contributed by atoms with Crippen molar-refractivity contribution in [2.45, 2.75) is 46.1 Å². The van der Waals surface area contributed by atoms with Crippen LogP contribution in [0.1, 0.15) is 37.0 Å². The number of rotatable bonds is 6. The van der Waals surface area contributed by atoms with E-state index in [2.05, 4.69) is 5.32 Å². The predicted molar refractivity (Wildman–Crippen MR) is 99.1 cm³/mol. The highest BCUT2D eigenvalue weighted by molar-refractivity contribution is 5.90. The number of aliphatic carboxylic acids is 1. The van der Waals surface area contributed by atoms with Crippen LogP contribution in [-0.2, 0) is 22.4 Å². The highest BCUT2D eigenvalue weighted by atomic mass is 16.5. The molecule has 0 fully saturated rings. The van der Waals surface area contributed by atoms with E-state index in [-0.39, 0.29) is 18.2 Å². The summed E-state index contributed by atoms with van der Waals surface area (Å²) in [6, 6.07) is 2.60. The molecule has 0 unspecified atom stereocenters. The molecule has 0 saturated heterocycles. The van der Waals surface area contributed by atoms with Gasteiger partial charge in [-0.3, -0.25) is 4.79 Å². The molecule has 1 aromatic carbocycles. The van der Waals surface area contributed by atoms with Crippen molar-refractivity contribution in [3.05, 3.63) is 39.2 Å². The Labute approximate surface area is 156 Å². The van der Waals surface area contributed by atoms with Gasteiger partial charge in [-0.25, -0.2) is 9.59 Å². The van der Waals surface area contributed by atoms with Crippen molar-refractivity contribution in [1.29, 1.82) is 0 Å². The van der Waals surface area contributed by atoms with E-state index in [4.69, 9.17) is 9.15 Å². The lowest BCUT2D eigenvalue weighted by molar-refractivity contribution is -0.143. The third-order valence-electron chi connectivity index (χ3n) is 4.79. The Morgan fingerprint density at radius 1 is 1.26 bits per heavy atom. The smallest absolute Gasteiger partial charge is 0.339 e. The number of benzene rings is 1. The molecule has 3 rings (SSSR count). The Balaban J connectivity index is 1.87. The third kappa shape index (κ3) is 3.82. The van der Waals surface area contributed by atoms with E-state index in [0.717, 1.165) is 29.4 Å². The van der Waals surface area contributed by atoms with Crippen LogP contribution < -0.4 is 15.7 Å². The van der Waals surface area contributed by atoms with Crippen LogP contribution in [0.25, 0.3) is 11.0 Å². The van der Waals surface area contributed by atoms with Crippen molar-refractivity contribution >= 4 is 22.8 Å². The predicted octanol–water partition coefficient (Wildman–Crippen LogP) is 2.19. The van der Waals surface area contributed by atoms with E-state index in [1.807, 2.05) is 6.92 Å². The normalized spacial score (nSPS) is 14.2. The maximum absolute atomic E-state index is 12.2. The molecule has 2 aromatic rings. The zero-order chi connectivity index (χ0) is 19.7. The molecular weight excluding hydrogens is 350 g/mol. The molecule has 1 aromatic heterocycles. The van der Waals surface area contributed by atoms with Crippen molar-refractivity contribution in [1.82, 2.24) is 5.32 Å². The van der Waals surface area contributed by atoms with Crippen LogP contribution in [0.4, 0.5) is 0 Å². The molecule has 0 bridgehead atoms. The minimum absolute atomic E-state index is 0.246. The maximum Gasteiger partial charge on any atom is 0.339 e. The summed E-state index contributed by atoms with van der Waals surface area (Å²) in [4.78, 5) is 35.5. The lowest BCUT2D eigenvalue weighted by atomic mass is 10.0. The number of nitrogens with one attached hydrogen (secondary N) is 1. The number of amides is 1. The number of aryl methyl sites for hydroxylation is 2. The van der Waals surface area contributed by atoms with Gasteiger partial charge in [0.1, 0.15) is 17.4 Å². The summed E-state index contributed by atoms with van der Waals surface area (Å²) in [7, 11) is 0. The van der Waals surface area contributed by atoms with Gasteiger partial charge in [-0.15, -0.1) is 0 Å². The number of carbonyl (C=O) groups excluding carboxylic acids is 1. The van der Waals surface area contributed by atoms with Gasteiger partial charge >= 0.3 is 11.6 Å². The van der Waals surface area contributed by atoms with Gasteiger partial charge in [0.25, 0.3) is 5.91 Å². The highest BCUT2D eigenvalue weighted by Gasteiger charge is 2.25. The molecule has 7 nitrogen and oxygen atoms in total. The molecule has 1 aliphatic rings. The SMILES string of the molecule is Cc1cc(OCC(=O)N[C@H](C(=O)O)C(C)C)c2c3c(c(=O)oc2c1)CCC3. The van der Waals surface area contributed by atoms with Crippen molar-refractivity contribution in [2.24, 2.45) is 5.92 Å². The monoisotopic (exact) mass is 373 g/mol. The molecule has 0 aliphatic heterocycles. The van der Waals surface area contributed by atoms with Crippen molar-refractivity contribution in [2.75, 3.05) is 6.61 Å². The number of ether oxygens (including phenoxy) is 1. The third-order valence-corrected chi connectivity index (χ3v) is 4.79. The zero-order valence-corrected chi connectivity index (χ0v) is 15.6. The van der Waals surface area contributed by atoms with E-state index < -0.39 is 17.9 Å². The highest BCUT2D eigenvalue weighted by Crippen LogP contribution is 2.35. The summed E-state index contributed by atoms with van der Waals surface area (Å²) in [6.07, 6.45) is 2.31. The Hall–Kier alpha value is -2.83. The van der Waals surface area contributed by atoms with Crippen LogP contribution in [0.15, 0.2) is 21.3 Å². The molecule has 27 heavy (non-hydrogen) atoms. The summed E-state index contributed by atoms with van der Waals surface area (Å²) < 4.78 is 11.2. The van der Waals surface area contributed by atoms with Crippen LogP contribution in [0.2, 0.25) is 0 Å². The first kappa shape index (κ1) is 18.9. The standard InChI is InChI=1S/C20H23NO6/c1-10(2)18(19(23)24)21-16(22)9-26-14-7-11(3)8-15-17(14)12-5-4-6-13(12)20(25)27-15/h7-8,10,18H,4-6,9H2,1-3H3,(H,21,22)(H,23,24)/t18-/m0/s1. The second kappa shape index (κ2) is 7.42. The number of hydrogen-bond donors (Lipinski definition) is 2. The van der Waals surface area contributed by atoms with Crippen LogP contribution in [0.5, 0.6) is 5.75 Å². The number of hydrogen-bond acceptors (Lipinski definition) is 5. The van der Waals surface area contributed by atoms with Crippen LogP contribution in [-0.4, -0.2) is 29.6 Å². The second-order valence-corrected chi connectivity index (χ2v) is 7.25. The summed E-state index contributed by atoms with van der Waals surface area (Å²) >= 11 is 0. The minimum atomic E-state index is -1.08. The molecule has 1 amide bonds. The van der Waals surface area contributed by atoms with E-state index >= 15 is 0 Å². The summed E-state index contributed by atoms with van der Waals surface area (Å²) in [5.41, 5.74) is 2.56. The fourth-order valence-corrected chi connectivity index (χ4v) is 3.49. The summed E-state index contributed by atoms with van der Waals surface area (Å²) in [6.45, 7) is 4.97. The van der Waals surface area contributed by atoms with E-state index in [9.17, 15) is 19.5 Å². The first-order valence-electron chi connectivity index (χ1n) is 9.02. The lowest BCUT2D eigenvalue weighted by Gasteiger charge is -2.18. The fourth-order valence-electron chi connectivity index (χ4n) is 3.49. The molecule has 0 spiro atoms. The molecule has 0 radical (unpaired) electrons. The van der Waals surface area contributed by atoms with Gasteiger partial charge in [0.2, 0.25) is 0 Å². The Kier molecular flexibility index (Phi) is 5.21. The maximum atomic E-state index is 12.2. The van der Waals surface area contributed by atoms with Crippen molar-refractivity contribution in [3.63, 3.8) is 0 Å². The topological polar surface area (TPSA) is 106 Å². The zero-order valence-electron chi connectivity index (χ0n) is 15.6. The first-order valence-corrected chi connectivity index (χ1v) is 9.02. The van der Waals surface area contributed by atoms with Gasteiger partial charge in [-0.2, -0.15) is 0 Å². The first-order chi connectivity index (χ1) is 12.8. The van der Waals surface area contributed by atoms with E-state index in [1.165, 1.54) is 0 Å². The molecule has 0 saturated carbocycles. The molecule has 7 heteroatoms. The van der Waals surface area contributed by atoms with Crippen LogP contribution in [0.3, 0.4) is 0 Å². The summed E-state index contributed by atoms with van der Waals surface area (Å²) in [5.74, 6) is -1.37. The number of carboxylic acid groups (broad SMARTS) is 1. The molecule has 1 heterocycles. The number of carbonyl (C=O) groups is 2. The largest absolute Gasteiger partial charge is 0.483 e. The van der Waals surface area contributed by atoms with Crippen molar-refractivity contribution < 1.29 is 23.8 Å². The molecule has 144 valence electrons. The molecule has 1 atom stereocenters. The van der Waals surface area contributed by atoms with Gasteiger partial charge in [-0.05, 0) is 55.4 Å². The van der Waals surface area contributed by atoms with Crippen LogP contribution >= 0.6 is 0 Å². The Morgan fingerprint density at radius 3 is 2.63 bits per heavy atom. The van der Waals surface area contributed by atoms with Crippen LogP contribution in [0, 0.1) is 12.8 Å². The van der Waals surface area contributed by atoms with Gasteiger partial charge in [-0.1, -0.05) is 13.8 Å². The molecule has 2 N–H and O–H groups in total. The van der Waals surface area contributed by atoms with E-state index in [1.54, 1.807) is 26.0 Å². The number of carboxylic acids is 1. The molecular formula is C20H23NO6. The van der Waals surface area contributed by atoms with Gasteiger partial charge in [0.05, 0.1) is 5.39 Å².